The maximum absolute atomic E-state index is 10.3. The van der Waals surface area contributed by atoms with Gasteiger partial charge in [0, 0.05) is 15.1 Å². The Balaban J connectivity index is 2.44. The van der Waals surface area contributed by atoms with Crippen LogP contribution >= 0.6 is 50.7 Å². The summed E-state index contributed by atoms with van der Waals surface area (Å²) >= 11 is 21.1. The lowest BCUT2D eigenvalue weighted by Gasteiger charge is -2.14. The van der Waals surface area contributed by atoms with Gasteiger partial charge in [-0.1, -0.05) is 56.8 Å². The van der Waals surface area contributed by atoms with Gasteiger partial charge in [0.25, 0.3) is 0 Å². The molecule has 2 rings (SSSR count). The van der Waals surface area contributed by atoms with Crippen molar-refractivity contribution in [3.05, 3.63) is 67.1 Å². The van der Waals surface area contributed by atoms with Crippen molar-refractivity contribution in [2.45, 2.75) is 6.10 Å². The van der Waals surface area contributed by atoms with E-state index in [0.29, 0.717) is 26.2 Å². The van der Waals surface area contributed by atoms with Crippen LogP contribution in [0.4, 0.5) is 0 Å². The van der Waals surface area contributed by atoms with E-state index in [-0.39, 0.29) is 0 Å². The summed E-state index contributed by atoms with van der Waals surface area (Å²) < 4.78 is 0.783. The number of aliphatic hydroxyl groups is 1. The molecule has 0 saturated carbocycles. The van der Waals surface area contributed by atoms with Gasteiger partial charge < -0.3 is 5.11 Å². The minimum atomic E-state index is -0.812. The van der Waals surface area contributed by atoms with Gasteiger partial charge in [0.15, 0.2) is 0 Å². The Morgan fingerprint density at radius 3 is 2.33 bits per heavy atom. The first kappa shape index (κ1) is 14.2. The molecule has 0 aliphatic heterocycles. The lowest BCUT2D eigenvalue weighted by atomic mass is 10.0. The smallest absolute Gasteiger partial charge is 0.105 e. The van der Waals surface area contributed by atoms with Gasteiger partial charge in [-0.25, -0.2) is 0 Å². The molecular weight excluding hydrogens is 358 g/mol. The maximum atomic E-state index is 10.3. The fourth-order valence-corrected chi connectivity index (χ4v) is 2.54. The number of rotatable bonds is 2. The van der Waals surface area contributed by atoms with Crippen LogP contribution in [0.25, 0.3) is 0 Å². The van der Waals surface area contributed by atoms with Gasteiger partial charge in [0.1, 0.15) is 6.10 Å². The molecule has 2 aromatic carbocycles. The second kappa shape index (κ2) is 5.81. The highest BCUT2D eigenvalue weighted by atomic mass is 79.9. The molecule has 1 N–H and O–H groups in total. The highest BCUT2D eigenvalue weighted by Gasteiger charge is 2.15. The molecule has 1 nitrogen and oxygen atoms in total. The minimum Gasteiger partial charge on any atom is -0.384 e. The summed E-state index contributed by atoms with van der Waals surface area (Å²) in [5.41, 5.74) is 1.34. The molecule has 0 spiro atoms. The molecule has 18 heavy (non-hydrogen) atoms. The first-order chi connectivity index (χ1) is 8.49. The molecule has 1 atom stereocenters. The van der Waals surface area contributed by atoms with Gasteiger partial charge in [0.05, 0.1) is 10.0 Å². The van der Waals surface area contributed by atoms with E-state index in [9.17, 15) is 5.11 Å². The van der Waals surface area contributed by atoms with Crippen LogP contribution in [0.1, 0.15) is 17.2 Å². The Labute approximate surface area is 128 Å². The van der Waals surface area contributed by atoms with Crippen LogP contribution < -0.4 is 0 Å². The Kier molecular flexibility index (Phi) is 4.57. The van der Waals surface area contributed by atoms with Gasteiger partial charge in [0.2, 0.25) is 0 Å². The fourth-order valence-electron chi connectivity index (χ4n) is 1.59. The topological polar surface area (TPSA) is 20.2 Å². The van der Waals surface area contributed by atoms with Gasteiger partial charge in [-0.15, -0.1) is 0 Å². The van der Waals surface area contributed by atoms with Crippen molar-refractivity contribution in [1.82, 2.24) is 0 Å². The average Bonchev–Trinajstić information content (AvgIpc) is 2.35. The van der Waals surface area contributed by atoms with Crippen molar-refractivity contribution >= 4 is 50.7 Å². The molecule has 0 fully saturated rings. The Morgan fingerprint density at radius 2 is 1.67 bits per heavy atom. The van der Waals surface area contributed by atoms with E-state index in [4.69, 9.17) is 34.8 Å². The highest BCUT2D eigenvalue weighted by molar-refractivity contribution is 9.10. The molecule has 0 heterocycles. The number of hydrogen-bond donors (Lipinski definition) is 1. The second-order valence-electron chi connectivity index (χ2n) is 3.74. The third-order valence-electron chi connectivity index (χ3n) is 2.51. The first-order valence-electron chi connectivity index (χ1n) is 5.07. The number of hydrogen-bond acceptors (Lipinski definition) is 1. The SMILES string of the molecule is OC(c1ccc(Cl)c(Cl)c1)c1cc(Cl)ccc1Br. The maximum Gasteiger partial charge on any atom is 0.105 e. The zero-order chi connectivity index (χ0) is 13.3. The van der Waals surface area contributed by atoms with Crippen LogP contribution in [0.3, 0.4) is 0 Å². The lowest BCUT2D eigenvalue weighted by Crippen LogP contribution is -2.00. The fraction of sp³-hybridized carbons (Fsp3) is 0.0769. The van der Waals surface area contributed by atoms with Crippen molar-refractivity contribution in [2.24, 2.45) is 0 Å². The quantitative estimate of drug-likeness (QED) is 0.745. The van der Waals surface area contributed by atoms with Crippen molar-refractivity contribution in [2.75, 3.05) is 0 Å². The molecule has 0 aliphatic rings. The summed E-state index contributed by atoms with van der Waals surface area (Å²) in [5.74, 6) is 0. The van der Waals surface area contributed by atoms with E-state index in [1.54, 1.807) is 36.4 Å². The van der Waals surface area contributed by atoms with Crippen molar-refractivity contribution in [1.29, 1.82) is 0 Å². The molecule has 0 saturated heterocycles. The molecule has 5 heteroatoms. The zero-order valence-corrected chi connectivity index (χ0v) is 12.9. The minimum absolute atomic E-state index is 0.409. The lowest BCUT2D eigenvalue weighted by molar-refractivity contribution is 0.219. The van der Waals surface area contributed by atoms with E-state index < -0.39 is 6.10 Å². The summed E-state index contributed by atoms with van der Waals surface area (Å²) in [5, 5.41) is 11.7. The van der Waals surface area contributed by atoms with Gasteiger partial charge >= 0.3 is 0 Å². The molecular formula is C13H8BrCl3O. The molecule has 0 bridgehead atoms. The predicted molar refractivity (Wildman–Crippen MR) is 79.7 cm³/mol. The normalized spacial score (nSPS) is 12.5. The zero-order valence-electron chi connectivity index (χ0n) is 9.00. The summed E-state index contributed by atoms with van der Waals surface area (Å²) in [4.78, 5) is 0. The summed E-state index contributed by atoms with van der Waals surface area (Å²) in [7, 11) is 0. The van der Waals surface area contributed by atoms with Gasteiger partial charge in [-0.3, -0.25) is 0 Å². The number of halogens is 4. The van der Waals surface area contributed by atoms with E-state index in [0.717, 1.165) is 4.47 Å². The third-order valence-corrected chi connectivity index (χ3v) is 4.21. The molecule has 0 radical (unpaired) electrons. The van der Waals surface area contributed by atoms with Crippen molar-refractivity contribution in [3.8, 4) is 0 Å². The Morgan fingerprint density at radius 1 is 0.944 bits per heavy atom. The van der Waals surface area contributed by atoms with E-state index in [1.165, 1.54) is 0 Å². The largest absolute Gasteiger partial charge is 0.384 e. The molecule has 2 aromatic rings. The van der Waals surface area contributed by atoms with Gasteiger partial charge in [-0.05, 0) is 35.9 Å². The number of aliphatic hydroxyl groups excluding tert-OH is 1. The van der Waals surface area contributed by atoms with Crippen LogP contribution in [-0.4, -0.2) is 5.11 Å². The molecule has 0 amide bonds. The van der Waals surface area contributed by atoms with Crippen LogP contribution in [-0.2, 0) is 0 Å². The molecule has 94 valence electrons. The molecule has 1 unspecified atom stereocenters. The first-order valence-corrected chi connectivity index (χ1v) is 6.99. The summed E-state index contributed by atoms with van der Waals surface area (Å²) in [6.45, 7) is 0. The van der Waals surface area contributed by atoms with Crippen molar-refractivity contribution in [3.63, 3.8) is 0 Å². The Hall–Kier alpha value is -0.250. The number of benzene rings is 2. The Bertz CT molecular complexity index is 586. The molecule has 0 aromatic heterocycles. The monoisotopic (exact) mass is 364 g/mol. The van der Waals surface area contributed by atoms with Crippen LogP contribution in [0, 0.1) is 0 Å². The van der Waals surface area contributed by atoms with Crippen LogP contribution in [0.2, 0.25) is 15.1 Å². The summed E-state index contributed by atoms with van der Waals surface area (Å²) in [6.07, 6.45) is -0.812. The van der Waals surface area contributed by atoms with Crippen LogP contribution in [0.5, 0.6) is 0 Å². The van der Waals surface area contributed by atoms with Crippen LogP contribution in [0.15, 0.2) is 40.9 Å². The third kappa shape index (κ3) is 3.01. The second-order valence-corrected chi connectivity index (χ2v) is 5.85. The van der Waals surface area contributed by atoms with E-state index in [2.05, 4.69) is 15.9 Å². The standard InChI is InChI=1S/C13H8BrCl3O/c14-10-3-2-8(15)6-9(10)13(18)7-1-4-11(16)12(17)5-7/h1-6,13,18H. The average molecular weight is 366 g/mol. The van der Waals surface area contributed by atoms with E-state index in [1.807, 2.05) is 0 Å². The molecule has 0 aliphatic carbocycles. The highest BCUT2D eigenvalue weighted by Crippen LogP contribution is 2.33. The van der Waals surface area contributed by atoms with Crippen molar-refractivity contribution < 1.29 is 5.11 Å². The van der Waals surface area contributed by atoms with Gasteiger partial charge in [-0.2, -0.15) is 0 Å². The predicted octanol–water partition coefficient (Wildman–Crippen LogP) is 5.49. The summed E-state index contributed by atoms with van der Waals surface area (Å²) in [6, 6.07) is 10.3. The van der Waals surface area contributed by atoms with E-state index >= 15 is 0 Å².